The number of carbonyl (C=O) groups is 2. The highest BCUT2D eigenvalue weighted by molar-refractivity contribution is 7.93. The summed E-state index contributed by atoms with van der Waals surface area (Å²) in [6.45, 7) is 1.68. The van der Waals surface area contributed by atoms with Crippen LogP contribution in [0.15, 0.2) is 29.2 Å². The summed E-state index contributed by atoms with van der Waals surface area (Å²) in [5, 5.41) is 11.9. The van der Waals surface area contributed by atoms with Gasteiger partial charge in [0.2, 0.25) is 5.91 Å². The largest absolute Gasteiger partial charge is 0.481 e. The van der Waals surface area contributed by atoms with Gasteiger partial charge in [0.15, 0.2) is 14.6 Å². The first-order chi connectivity index (χ1) is 11.7. The molecule has 0 aliphatic heterocycles. The Kier molecular flexibility index (Phi) is 6.11. The molecular formula is C17H22ClNO5S. The molecule has 1 saturated carbocycles. The lowest BCUT2D eigenvalue weighted by molar-refractivity contribution is -0.137. The summed E-state index contributed by atoms with van der Waals surface area (Å²) in [7, 11) is -3.88. The van der Waals surface area contributed by atoms with Crippen LogP contribution in [-0.4, -0.2) is 36.2 Å². The number of aliphatic carboxylic acids is 1. The molecule has 1 unspecified atom stereocenters. The summed E-state index contributed by atoms with van der Waals surface area (Å²) in [4.78, 5) is 23.6. The number of carboxylic acids is 1. The molecule has 2 rings (SSSR count). The van der Waals surface area contributed by atoms with Crippen molar-refractivity contribution in [1.29, 1.82) is 0 Å². The van der Waals surface area contributed by atoms with Crippen molar-refractivity contribution in [3.63, 3.8) is 0 Å². The van der Waals surface area contributed by atoms with Gasteiger partial charge in [-0.1, -0.05) is 24.4 Å². The van der Waals surface area contributed by atoms with E-state index < -0.39 is 32.5 Å². The van der Waals surface area contributed by atoms with E-state index in [0.29, 0.717) is 17.9 Å². The summed E-state index contributed by atoms with van der Waals surface area (Å²) >= 11 is 5.83. The van der Waals surface area contributed by atoms with Crippen molar-refractivity contribution in [2.24, 2.45) is 0 Å². The summed E-state index contributed by atoms with van der Waals surface area (Å²) in [5.41, 5.74) is 0. The fourth-order valence-corrected chi connectivity index (χ4v) is 5.37. The van der Waals surface area contributed by atoms with Crippen LogP contribution in [-0.2, 0) is 19.4 Å². The molecule has 1 aromatic carbocycles. The van der Waals surface area contributed by atoms with Crippen molar-refractivity contribution in [2.75, 3.05) is 0 Å². The van der Waals surface area contributed by atoms with Gasteiger partial charge in [0, 0.05) is 17.5 Å². The second-order valence-electron chi connectivity index (χ2n) is 6.47. The molecule has 0 saturated heterocycles. The molecule has 1 fully saturated rings. The monoisotopic (exact) mass is 387 g/mol. The highest BCUT2D eigenvalue weighted by Gasteiger charge is 2.53. The van der Waals surface area contributed by atoms with Gasteiger partial charge in [-0.05, 0) is 50.5 Å². The van der Waals surface area contributed by atoms with Gasteiger partial charge in [-0.15, -0.1) is 0 Å². The van der Waals surface area contributed by atoms with Crippen LogP contribution < -0.4 is 5.32 Å². The maximum Gasteiger partial charge on any atom is 0.303 e. The second-order valence-corrected chi connectivity index (χ2v) is 9.16. The number of carboxylic acid groups (broad SMARTS) is 1. The molecule has 1 aliphatic carbocycles. The second kappa shape index (κ2) is 7.74. The quantitative estimate of drug-likeness (QED) is 0.749. The van der Waals surface area contributed by atoms with E-state index in [-0.39, 0.29) is 30.6 Å². The molecule has 1 aromatic rings. The minimum Gasteiger partial charge on any atom is -0.481 e. The number of halogens is 1. The molecule has 8 heteroatoms. The molecule has 25 heavy (non-hydrogen) atoms. The van der Waals surface area contributed by atoms with Crippen LogP contribution in [0.1, 0.15) is 45.4 Å². The Morgan fingerprint density at radius 3 is 2.32 bits per heavy atom. The van der Waals surface area contributed by atoms with Crippen molar-refractivity contribution in [1.82, 2.24) is 5.32 Å². The topological polar surface area (TPSA) is 101 Å². The molecule has 2 N–H and O–H groups in total. The average Bonchev–Trinajstić information content (AvgIpc) is 3.05. The van der Waals surface area contributed by atoms with E-state index in [2.05, 4.69) is 5.32 Å². The van der Waals surface area contributed by atoms with Crippen molar-refractivity contribution in [3.05, 3.63) is 29.3 Å². The van der Waals surface area contributed by atoms with Crippen molar-refractivity contribution in [3.8, 4) is 0 Å². The number of sulfone groups is 1. The summed E-state index contributed by atoms with van der Waals surface area (Å²) in [6, 6.07) is 5.40. The van der Waals surface area contributed by atoms with Gasteiger partial charge >= 0.3 is 5.97 Å². The number of carbonyl (C=O) groups excluding carboxylic acids is 1. The first kappa shape index (κ1) is 19.7. The molecular weight excluding hydrogens is 366 g/mol. The third-order valence-corrected chi connectivity index (χ3v) is 7.40. The van der Waals surface area contributed by atoms with Crippen LogP contribution in [0, 0.1) is 0 Å². The molecule has 0 aromatic heterocycles. The Labute approximate surface area is 152 Å². The number of rotatable bonds is 7. The van der Waals surface area contributed by atoms with Gasteiger partial charge in [-0.2, -0.15) is 0 Å². The van der Waals surface area contributed by atoms with E-state index in [1.165, 1.54) is 24.3 Å². The van der Waals surface area contributed by atoms with E-state index in [0.717, 1.165) is 0 Å². The Morgan fingerprint density at radius 1 is 1.24 bits per heavy atom. The van der Waals surface area contributed by atoms with Crippen LogP contribution in [0.4, 0.5) is 0 Å². The molecule has 138 valence electrons. The average molecular weight is 388 g/mol. The van der Waals surface area contributed by atoms with Crippen LogP contribution in [0.5, 0.6) is 0 Å². The molecule has 1 amide bonds. The van der Waals surface area contributed by atoms with Crippen LogP contribution in [0.25, 0.3) is 0 Å². The normalized spacial score (nSPS) is 17.8. The maximum atomic E-state index is 13.2. The predicted molar refractivity (Wildman–Crippen MR) is 94.3 cm³/mol. The smallest absolute Gasteiger partial charge is 0.303 e. The molecule has 0 spiro atoms. The fraction of sp³-hybridized carbons (Fsp3) is 0.529. The summed E-state index contributed by atoms with van der Waals surface area (Å²) < 4.78 is 24.8. The number of hydrogen-bond donors (Lipinski definition) is 2. The van der Waals surface area contributed by atoms with Crippen LogP contribution in [0.2, 0.25) is 5.02 Å². The fourth-order valence-electron chi connectivity index (χ4n) is 3.17. The number of hydrogen-bond acceptors (Lipinski definition) is 4. The SMILES string of the molecule is CC(CCC(=O)O)NC(=O)C1(S(=O)(=O)c2ccc(Cl)cc2)CCCC1. The first-order valence-electron chi connectivity index (χ1n) is 8.22. The zero-order valence-corrected chi connectivity index (χ0v) is 15.6. The maximum absolute atomic E-state index is 13.2. The number of benzene rings is 1. The van der Waals surface area contributed by atoms with Crippen molar-refractivity contribution < 1.29 is 23.1 Å². The zero-order chi connectivity index (χ0) is 18.7. The third kappa shape index (κ3) is 4.15. The number of amides is 1. The van der Waals surface area contributed by atoms with E-state index in [9.17, 15) is 18.0 Å². The Hall–Kier alpha value is -1.60. The molecule has 0 bridgehead atoms. The van der Waals surface area contributed by atoms with E-state index >= 15 is 0 Å². The van der Waals surface area contributed by atoms with Crippen molar-refractivity contribution >= 4 is 33.3 Å². The molecule has 1 aliphatic rings. The standard InChI is InChI=1S/C17H22ClNO5S/c1-12(4-9-15(20)21)19-16(22)17(10-2-3-11-17)25(23,24)14-7-5-13(18)6-8-14/h5-8,12H,2-4,9-11H2,1H3,(H,19,22)(H,20,21). The Morgan fingerprint density at radius 2 is 1.80 bits per heavy atom. The van der Waals surface area contributed by atoms with Gasteiger partial charge in [0.05, 0.1) is 4.90 Å². The number of nitrogens with one attached hydrogen (secondary N) is 1. The van der Waals surface area contributed by atoms with Crippen LogP contribution in [0.3, 0.4) is 0 Å². The minimum atomic E-state index is -3.88. The molecule has 6 nitrogen and oxygen atoms in total. The van der Waals surface area contributed by atoms with Gasteiger partial charge in [-0.25, -0.2) is 8.42 Å². The lowest BCUT2D eigenvalue weighted by Crippen LogP contribution is -2.52. The first-order valence-corrected chi connectivity index (χ1v) is 10.1. The summed E-state index contributed by atoms with van der Waals surface area (Å²) in [6.07, 6.45) is 1.99. The molecule has 1 atom stereocenters. The highest BCUT2D eigenvalue weighted by Crippen LogP contribution is 2.41. The third-order valence-electron chi connectivity index (χ3n) is 4.63. The van der Waals surface area contributed by atoms with Gasteiger partial charge in [0.1, 0.15) is 0 Å². The van der Waals surface area contributed by atoms with Gasteiger partial charge in [0.25, 0.3) is 0 Å². The lowest BCUT2D eigenvalue weighted by atomic mass is 10.0. The lowest BCUT2D eigenvalue weighted by Gasteiger charge is -2.29. The van der Waals surface area contributed by atoms with Crippen molar-refractivity contribution in [2.45, 2.75) is 61.1 Å². The van der Waals surface area contributed by atoms with Gasteiger partial charge in [-0.3, -0.25) is 9.59 Å². The van der Waals surface area contributed by atoms with E-state index in [4.69, 9.17) is 16.7 Å². The van der Waals surface area contributed by atoms with E-state index in [1.807, 2.05) is 0 Å². The van der Waals surface area contributed by atoms with Gasteiger partial charge < -0.3 is 10.4 Å². The Bertz CT molecular complexity index is 739. The summed E-state index contributed by atoms with van der Waals surface area (Å²) in [5.74, 6) is -1.50. The van der Waals surface area contributed by atoms with E-state index in [1.54, 1.807) is 6.92 Å². The molecule has 0 heterocycles. The highest BCUT2D eigenvalue weighted by atomic mass is 35.5. The van der Waals surface area contributed by atoms with Crippen LogP contribution >= 0.6 is 11.6 Å². The predicted octanol–water partition coefficient (Wildman–Crippen LogP) is 2.80. The minimum absolute atomic E-state index is 0.0761. The Balaban J connectivity index is 2.27. The zero-order valence-electron chi connectivity index (χ0n) is 14.0. The molecule has 0 radical (unpaired) electrons.